The Bertz CT molecular complexity index is 899. The number of halogens is 1. The molecule has 0 aliphatic heterocycles. The SMILES string of the molecule is CCOc1c(Cl)cc(C(=O)OCC(=O)N[C@@H]2CCCc3ccccc32)cc1OC. The lowest BCUT2D eigenvalue weighted by molar-refractivity contribution is -0.125. The maximum atomic E-state index is 12.4. The second kappa shape index (κ2) is 9.65. The second-order valence-corrected chi connectivity index (χ2v) is 7.12. The van der Waals surface area contributed by atoms with Crippen LogP contribution in [0.4, 0.5) is 0 Å². The van der Waals surface area contributed by atoms with E-state index in [4.69, 9.17) is 25.8 Å². The molecule has 3 rings (SSSR count). The summed E-state index contributed by atoms with van der Waals surface area (Å²) in [4.78, 5) is 24.7. The van der Waals surface area contributed by atoms with Crippen molar-refractivity contribution < 1.29 is 23.8 Å². The fraction of sp³-hybridized carbons (Fsp3) is 0.364. The first-order valence-electron chi connectivity index (χ1n) is 9.58. The highest BCUT2D eigenvalue weighted by Crippen LogP contribution is 2.36. The average molecular weight is 418 g/mol. The molecule has 2 aromatic carbocycles. The molecule has 1 aliphatic carbocycles. The standard InChI is InChI=1S/C22H24ClNO5/c1-3-28-21-17(23)11-15(12-19(21)27-2)22(26)29-13-20(25)24-18-10-6-8-14-7-4-5-9-16(14)18/h4-5,7,9,11-12,18H,3,6,8,10,13H2,1-2H3,(H,24,25)/t18-/m1/s1. The van der Waals surface area contributed by atoms with Gasteiger partial charge < -0.3 is 19.5 Å². The Morgan fingerprint density at radius 2 is 2.03 bits per heavy atom. The number of aryl methyl sites for hydroxylation is 1. The first kappa shape index (κ1) is 21.0. The van der Waals surface area contributed by atoms with E-state index in [2.05, 4.69) is 11.4 Å². The maximum Gasteiger partial charge on any atom is 0.338 e. The topological polar surface area (TPSA) is 73.9 Å². The van der Waals surface area contributed by atoms with Gasteiger partial charge in [-0.15, -0.1) is 0 Å². The summed E-state index contributed by atoms with van der Waals surface area (Å²) < 4.78 is 15.8. The summed E-state index contributed by atoms with van der Waals surface area (Å²) in [6.07, 6.45) is 2.88. The predicted octanol–water partition coefficient (Wildman–Crippen LogP) is 4.10. The van der Waals surface area contributed by atoms with Gasteiger partial charge in [0, 0.05) is 0 Å². The van der Waals surface area contributed by atoms with Crippen molar-refractivity contribution in [3.8, 4) is 11.5 Å². The number of fused-ring (bicyclic) bond motifs is 1. The Kier molecular flexibility index (Phi) is 6.99. The molecule has 0 radical (unpaired) electrons. The summed E-state index contributed by atoms with van der Waals surface area (Å²) in [5, 5.41) is 3.19. The molecule has 0 spiro atoms. The number of hydrogen-bond donors (Lipinski definition) is 1. The summed E-state index contributed by atoms with van der Waals surface area (Å²) in [7, 11) is 1.46. The van der Waals surface area contributed by atoms with E-state index in [0.29, 0.717) is 18.1 Å². The van der Waals surface area contributed by atoms with Gasteiger partial charge in [-0.25, -0.2) is 4.79 Å². The Morgan fingerprint density at radius 1 is 1.24 bits per heavy atom. The minimum absolute atomic E-state index is 0.0637. The van der Waals surface area contributed by atoms with Crippen molar-refractivity contribution in [3.63, 3.8) is 0 Å². The van der Waals surface area contributed by atoms with E-state index in [-0.39, 0.29) is 29.1 Å². The van der Waals surface area contributed by atoms with Crippen LogP contribution in [0.15, 0.2) is 36.4 Å². The number of amides is 1. The number of carbonyl (C=O) groups excluding carboxylic acids is 2. The third-order valence-electron chi connectivity index (χ3n) is 4.79. The van der Waals surface area contributed by atoms with Gasteiger partial charge in [0.25, 0.3) is 5.91 Å². The first-order chi connectivity index (χ1) is 14.0. The van der Waals surface area contributed by atoms with E-state index in [1.165, 1.54) is 24.8 Å². The van der Waals surface area contributed by atoms with E-state index in [0.717, 1.165) is 24.8 Å². The van der Waals surface area contributed by atoms with Crippen molar-refractivity contribution in [2.75, 3.05) is 20.3 Å². The number of ether oxygens (including phenoxy) is 3. The molecule has 2 aromatic rings. The molecular weight excluding hydrogens is 394 g/mol. The number of nitrogens with one attached hydrogen (secondary N) is 1. The van der Waals surface area contributed by atoms with Crippen LogP contribution < -0.4 is 14.8 Å². The highest BCUT2D eigenvalue weighted by atomic mass is 35.5. The van der Waals surface area contributed by atoms with Crippen molar-refractivity contribution in [1.82, 2.24) is 5.32 Å². The number of carbonyl (C=O) groups is 2. The van der Waals surface area contributed by atoms with Crippen molar-refractivity contribution in [3.05, 3.63) is 58.1 Å². The summed E-state index contributed by atoms with van der Waals surface area (Å²) in [6.45, 7) is 1.86. The highest BCUT2D eigenvalue weighted by molar-refractivity contribution is 6.32. The normalized spacial score (nSPS) is 15.2. The Morgan fingerprint density at radius 3 is 2.79 bits per heavy atom. The molecule has 1 aliphatic rings. The zero-order chi connectivity index (χ0) is 20.8. The van der Waals surface area contributed by atoms with E-state index < -0.39 is 5.97 Å². The van der Waals surface area contributed by atoms with Gasteiger partial charge in [-0.1, -0.05) is 35.9 Å². The third kappa shape index (κ3) is 5.01. The van der Waals surface area contributed by atoms with Crippen LogP contribution in [-0.4, -0.2) is 32.2 Å². The van der Waals surface area contributed by atoms with Crippen molar-refractivity contribution in [2.45, 2.75) is 32.2 Å². The summed E-state index contributed by atoms with van der Waals surface area (Å²) in [6, 6.07) is 10.9. The van der Waals surface area contributed by atoms with Crippen LogP contribution in [0.1, 0.15) is 47.3 Å². The summed E-state index contributed by atoms with van der Waals surface area (Å²) >= 11 is 6.18. The van der Waals surface area contributed by atoms with Gasteiger partial charge in [-0.2, -0.15) is 0 Å². The fourth-order valence-corrected chi connectivity index (χ4v) is 3.74. The molecule has 0 fully saturated rings. The van der Waals surface area contributed by atoms with Crippen molar-refractivity contribution in [1.29, 1.82) is 0 Å². The molecule has 1 atom stereocenters. The molecule has 0 aromatic heterocycles. The van der Waals surface area contributed by atoms with E-state index in [9.17, 15) is 9.59 Å². The lowest BCUT2D eigenvalue weighted by Gasteiger charge is -2.26. The minimum Gasteiger partial charge on any atom is -0.493 e. The highest BCUT2D eigenvalue weighted by Gasteiger charge is 2.22. The molecule has 0 unspecified atom stereocenters. The molecular formula is C22H24ClNO5. The Balaban J connectivity index is 1.61. The average Bonchev–Trinajstić information content (AvgIpc) is 2.73. The molecule has 1 amide bonds. The number of benzene rings is 2. The molecule has 154 valence electrons. The van der Waals surface area contributed by atoms with E-state index in [1.807, 2.05) is 25.1 Å². The quantitative estimate of drug-likeness (QED) is 0.686. The molecule has 0 heterocycles. The first-order valence-corrected chi connectivity index (χ1v) is 9.96. The van der Waals surface area contributed by atoms with Crippen LogP contribution in [0.2, 0.25) is 5.02 Å². The maximum absolute atomic E-state index is 12.4. The molecule has 29 heavy (non-hydrogen) atoms. The largest absolute Gasteiger partial charge is 0.493 e. The molecule has 0 saturated heterocycles. The second-order valence-electron chi connectivity index (χ2n) is 6.71. The van der Waals surface area contributed by atoms with Gasteiger partial charge in [-0.3, -0.25) is 4.79 Å². The van der Waals surface area contributed by atoms with Gasteiger partial charge in [0.1, 0.15) is 0 Å². The predicted molar refractivity (Wildman–Crippen MR) is 110 cm³/mol. The van der Waals surface area contributed by atoms with Gasteiger partial charge in [-0.05, 0) is 49.4 Å². The smallest absolute Gasteiger partial charge is 0.338 e. The molecule has 1 N–H and O–H groups in total. The number of methoxy groups -OCH3 is 1. The third-order valence-corrected chi connectivity index (χ3v) is 5.07. The van der Waals surface area contributed by atoms with Crippen LogP contribution in [0.25, 0.3) is 0 Å². The minimum atomic E-state index is -0.660. The van der Waals surface area contributed by atoms with Crippen LogP contribution >= 0.6 is 11.6 Å². The zero-order valence-electron chi connectivity index (χ0n) is 16.5. The van der Waals surface area contributed by atoms with Gasteiger partial charge in [0.2, 0.25) is 0 Å². The van der Waals surface area contributed by atoms with Crippen LogP contribution in [0.3, 0.4) is 0 Å². The van der Waals surface area contributed by atoms with Gasteiger partial charge in [0.15, 0.2) is 18.1 Å². The number of esters is 1. The number of rotatable bonds is 7. The molecule has 0 saturated carbocycles. The lowest BCUT2D eigenvalue weighted by Crippen LogP contribution is -2.34. The van der Waals surface area contributed by atoms with Gasteiger partial charge >= 0.3 is 5.97 Å². The van der Waals surface area contributed by atoms with Crippen LogP contribution in [0.5, 0.6) is 11.5 Å². The molecule has 6 nitrogen and oxygen atoms in total. The Hall–Kier alpha value is -2.73. The van der Waals surface area contributed by atoms with Crippen LogP contribution in [-0.2, 0) is 16.0 Å². The van der Waals surface area contributed by atoms with Crippen LogP contribution in [0, 0.1) is 0 Å². The zero-order valence-corrected chi connectivity index (χ0v) is 17.3. The van der Waals surface area contributed by atoms with Crippen molar-refractivity contribution >= 4 is 23.5 Å². The number of hydrogen-bond acceptors (Lipinski definition) is 5. The van der Waals surface area contributed by atoms with E-state index >= 15 is 0 Å². The van der Waals surface area contributed by atoms with Crippen molar-refractivity contribution in [2.24, 2.45) is 0 Å². The molecule has 7 heteroatoms. The lowest BCUT2D eigenvalue weighted by atomic mass is 9.88. The van der Waals surface area contributed by atoms with E-state index in [1.54, 1.807) is 0 Å². The molecule has 0 bridgehead atoms. The summed E-state index contributed by atoms with van der Waals surface area (Å²) in [5.74, 6) is -0.312. The van der Waals surface area contributed by atoms with Gasteiger partial charge in [0.05, 0.1) is 30.3 Å². The monoisotopic (exact) mass is 417 g/mol. The summed E-state index contributed by atoms with van der Waals surface area (Å²) in [5.41, 5.74) is 2.56. The Labute approximate surface area is 175 Å². The fourth-order valence-electron chi connectivity index (χ4n) is 3.48.